The molecule has 4 nitrogen and oxygen atoms in total. The van der Waals surface area contributed by atoms with Crippen molar-refractivity contribution in [1.82, 2.24) is 9.97 Å². The standard InChI is InChI=1S/C30H18F2N2O2S/c31-27-11-9-23(15-25(27)21-13-19-5-1-3-7-29(19)33-17-21)37(35,36)24-10-12-28(32)26(16-24)22-14-20-6-2-4-8-30(20)34-18-22/h1-18H. The maximum absolute atomic E-state index is 14.8. The van der Waals surface area contributed by atoms with Gasteiger partial charge in [-0.05, 0) is 60.7 Å². The Labute approximate surface area is 211 Å². The van der Waals surface area contributed by atoms with Crippen LogP contribution in [0.4, 0.5) is 8.78 Å². The van der Waals surface area contributed by atoms with Gasteiger partial charge in [0.05, 0.1) is 20.8 Å². The molecule has 37 heavy (non-hydrogen) atoms. The quantitative estimate of drug-likeness (QED) is 0.236. The van der Waals surface area contributed by atoms with Crippen molar-refractivity contribution in [3.05, 3.63) is 121 Å². The number of nitrogens with zero attached hydrogens (tertiary/aromatic N) is 2. The summed E-state index contributed by atoms with van der Waals surface area (Å²) in [6.45, 7) is 0. The highest BCUT2D eigenvalue weighted by Gasteiger charge is 2.22. The van der Waals surface area contributed by atoms with Crippen molar-refractivity contribution in [2.24, 2.45) is 0 Å². The third-order valence-electron chi connectivity index (χ3n) is 6.30. The van der Waals surface area contributed by atoms with Crippen LogP contribution in [0.25, 0.3) is 44.1 Å². The number of aromatic nitrogens is 2. The SMILES string of the molecule is O=S(=O)(c1ccc(F)c(-c2cnc3ccccc3c2)c1)c1ccc(F)c(-c2cnc3ccccc3c2)c1. The number of fused-ring (bicyclic) bond motifs is 2. The highest BCUT2D eigenvalue weighted by molar-refractivity contribution is 7.91. The average Bonchev–Trinajstić information content (AvgIpc) is 2.93. The van der Waals surface area contributed by atoms with Crippen LogP contribution in [0.1, 0.15) is 0 Å². The van der Waals surface area contributed by atoms with E-state index in [2.05, 4.69) is 9.97 Å². The molecule has 2 heterocycles. The second-order valence-corrected chi connectivity index (χ2v) is 10.6. The summed E-state index contributed by atoms with van der Waals surface area (Å²) in [5, 5.41) is 1.61. The summed E-state index contributed by atoms with van der Waals surface area (Å²) in [5.41, 5.74) is 2.63. The van der Waals surface area contributed by atoms with E-state index in [0.29, 0.717) is 11.1 Å². The molecule has 6 rings (SSSR count). The predicted octanol–water partition coefficient (Wildman–Crippen LogP) is 7.23. The van der Waals surface area contributed by atoms with Crippen molar-refractivity contribution in [2.75, 3.05) is 0 Å². The van der Waals surface area contributed by atoms with Gasteiger partial charge in [0.15, 0.2) is 0 Å². The first-order valence-electron chi connectivity index (χ1n) is 11.4. The minimum absolute atomic E-state index is 0.105. The fourth-order valence-corrected chi connectivity index (χ4v) is 5.67. The van der Waals surface area contributed by atoms with E-state index in [1.54, 1.807) is 12.1 Å². The van der Waals surface area contributed by atoms with Crippen molar-refractivity contribution in [3.8, 4) is 22.3 Å². The van der Waals surface area contributed by atoms with E-state index in [0.717, 1.165) is 33.9 Å². The maximum atomic E-state index is 14.8. The second kappa shape index (κ2) is 8.87. The zero-order valence-electron chi connectivity index (χ0n) is 19.3. The van der Waals surface area contributed by atoms with Crippen LogP contribution < -0.4 is 0 Å². The number of benzene rings is 4. The molecule has 0 aliphatic heterocycles. The smallest absolute Gasteiger partial charge is 0.206 e. The molecule has 0 atom stereocenters. The van der Waals surface area contributed by atoms with Crippen molar-refractivity contribution in [1.29, 1.82) is 0 Å². The molecule has 7 heteroatoms. The Kier molecular flexibility index (Phi) is 5.50. The highest BCUT2D eigenvalue weighted by atomic mass is 32.2. The average molecular weight is 509 g/mol. The number of halogens is 2. The van der Waals surface area contributed by atoms with Crippen LogP contribution in [0.15, 0.2) is 119 Å². The zero-order valence-corrected chi connectivity index (χ0v) is 20.1. The lowest BCUT2D eigenvalue weighted by molar-refractivity contribution is 0.594. The van der Waals surface area contributed by atoms with E-state index in [-0.39, 0.29) is 20.9 Å². The van der Waals surface area contributed by atoms with Crippen molar-refractivity contribution in [2.45, 2.75) is 9.79 Å². The number of rotatable bonds is 4. The van der Waals surface area contributed by atoms with Crippen LogP contribution in [0.3, 0.4) is 0 Å². The van der Waals surface area contributed by atoms with Crippen LogP contribution in [-0.4, -0.2) is 18.4 Å². The van der Waals surface area contributed by atoms with E-state index in [4.69, 9.17) is 0 Å². The van der Waals surface area contributed by atoms with Gasteiger partial charge in [-0.25, -0.2) is 17.2 Å². The lowest BCUT2D eigenvalue weighted by Crippen LogP contribution is -2.04. The molecule has 4 aromatic carbocycles. The summed E-state index contributed by atoms with van der Waals surface area (Å²) >= 11 is 0. The minimum Gasteiger partial charge on any atom is -0.256 e. The first-order chi connectivity index (χ1) is 17.9. The fraction of sp³-hybridized carbons (Fsp3) is 0. The molecule has 0 radical (unpaired) electrons. The van der Waals surface area contributed by atoms with E-state index in [9.17, 15) is 17.2 Å². The molecular weight excluding hydrogens is 490 g/mol. The number of pyridine rings is 2. The Bertz CT molecular complexity index is 1800. The Morgan fingerprint density at radius 2 is 0.973 bits per heavy atom. The number of para-hydroxylation sites is 2. The van der Waals surface area contributed by atoms with Crippen LogP contribution >= 0.6 is 0 Å². The highest BCUT2D eigenvalue weighted by Crippen LogP contribution is 2.33. The van der Waals surface area contributed by atoms with Gasteiger partial charge in [0.25, 0.3) is 0 Å². The first kappa shape index (κ1) is 22.9. The van der Waals surface area contributed by atoms with E-state index < -0.39 is 21.5 Å². The number of hydrogen-bond acceptors (Lipinski definition) is 4. The molecule has 6 aromatic rings. The third-order valence-corrected chi connectivity index (χ3v) is 8.05. The number of sulfone groups is 1. The fourth-order valence-electron chi connectivity index (χ4n) is 4.36. The summed E-state index contributed by atoms with van der Waals surface area (Å²) < 4.78 is 56.8. The second-order valence-electron chi connectivity index (χ2n) is 8.62. The Morgan fingerprint density at radius 3 is 1.43 bits per heavy atom. The number of hydrogen-bond donors (Lipinski definition) is 0. The van der Waals surface area contributed by atoms with E-state index >= 15 is 0 Å². The Hall–Kier alpha value is -4.49. The first-order valence-corrected chi connectivity index (χ1v) is 12.9. The molecule has 0 N–H and O–H groups in total. The summed E-state index contributed by atoms with van der Waals surface area (Å²) in [5.74, 6) is -1.14. The topological polar surface area (TPSA) is 59.9 Å². The molecule has 0 aliphatic rings. The summed E-state index contributed by atoms with van der Waals surface area (Å²) in [6, 6.07) is 25.6. The van der Waals surface area contributed by atoms with Crippen LogP contribution in [0, 0.1) is 11.6 Å². The normalized spacial score (nSPS) is 11.7. The van der Waals surface area contributed by atoms with Crippen molar-refractivity contribution >= 4 is 31.6 Å². The monoisotopic (exact) mass is 508 g/mol. The molecule has 0 spiro atoms. The van der Waals surface area contributed by atoms with Gasteiger partial charge in [-0.15, -0.1) is 0 Å². The molecule has 0 amide bonds. The molecule has 0 saturated carbocycles. The largest absolute Gasteiger partial charge is 0.256 e. The van der Waals surface area contributed by atoms with Crippen LogP contribution in [-0.2, 0) is 9.84 Å². The van der Waals surface area contributed by atoms with Gasteiger partial charge < -0.3 is 0 Å². The zero-order chi connectivity index (χ0) is 25.6. The molecule has 2 aromatic heterocycles. The van der Waals surface area contributed by atoms with Crippen LogP contribution in [0.2, 0.25) is 0 Å². The summed E-state index contributed by atoms with van der Waals surface area (Å²) in [7, 11) is -4.09. The molecule has 0 aliphatic carbocycles. The summed E-state index contributed by atoms with van der Waals surface area (Å²) in [6.07, 6.45) is 3.03. The van der Waals surface area contributed by atoms with Crippen molar-refractivity contribution < 1.29 is 17.2 Å². The minimum atomic E-state index is -4.09. The third kappa shape index (κ3) is 4.13. The van der Waals surface area contributed by atoms with Gasteiger partial charge in [0.2, 0.25) is 9.84 Å². The van der Waals surface area contributed by atoms with Gasteiger partial charge in [0.1, 0.15) is 11.6 Å². The van der Waals surface area contributed by atoms with Crippen LogP contribution in [0.5, 0.6) is 0 Å². The van der Waals surface area contributed by atoms with Gasteiger partial charge in [-0.3, -0.25) is 9.97 Å². The Balaban J connectivity index is 1.44. The molecule has 0 bridgehead atoms. The van der Waals surface area contributed by atoms with E-state index in [1.807, 2.05) is 48.5 Å². The van der Waals surface area contributed by atoms with Gasteiger partial charge in [-0.2, -0.15) is 0 Å². The van der Waals surface area contributed by atoms with Gasteiger partial charge >= 0.3 is 0 Å². The lowest BCUT2D eigenvalue weighted by Gasteiger charge is -2.11. The molecule has 180 valence electrons. The van der Waals surface area contributed by atoms with Gasteiger partial charge in [0, 0.05) is 45.4 Å². The molecular formula is C30H18F2N2O2S. The van der Waals surface area contributed by atoms with Gasteiger partial charge in [-0.1, -0.05) is 36.4 Å². The Morgan fingerprint density at radius 1 is 0.541 bits per heavy atom. The molecule has 0 saturated heterocycles. The van der Waals surface area contributed by atoms with Crippen molar-refractivity contribution in [3.63, 3.8) is 0 Å². The molecule has 0 fully saturated rings. The molecule has 0 unspecified atom stereocenters. The van der Waals surface area contributed by atoms with E-state index in [1.165, 1.54) is 36.7 Å². The maximum Gasteiger partial charge on any atom is 0.206 e. The predicted molar refractivity (Wildman–Crippen MR) is 140 cm³/mol. The lowest BCUT2D eigenvalue weighted by atomic mass is 10.0. The summed E-state index contributed by atoms with van der Waals surface area (Å²) in [4.78, 5) is 8.51.